The summed E-state index contributed by atoms with van der Waals surface area (Å²) in [6.45, 7) is 0. The van der Waals surface area contributed by atoms with Crippen LogP contribution in [0.15, 0.2) is 48.5 Å². The Balaban J connectivity index is 1.88. The number of fused-ring (bicyclic) bond motifs is 1. The molecule has 0 saturated heterocycles. The molecule has 110 valence electrons. The first-order valence-corrected chi connectivity index (χ1v) is 6.89. The summed E-state index contributed by atoms with van der Waals surface area (Å²) in [7, 11) is 0. The first-order chi connectivity index (χ1) is 10.6. The van der Waals surface area contributed by atoms with Crippen molar-refractivity contribution >= 4 is 23.3 Å². The molecule has 0 aliphatic heterocycles. The normalized spacial score (nSPS) is 16.2. The van der Waals surface area contributed by atoms with E-state index in [1.165, 1.54) is 0 Å². The number of benzene rings is 2. The van der Waals surface area contributed by atoms with Crippen molar-refractivity contribution in [2.24, 2.45) is 5.73 Å². The highest BCUT2D eigenvalue weighted by molar-refractivity contribution is 6.11. The summed E-state index contributed by atoms with van der Waals surface area (Å²) >= 11 is 0. The lowest BCUT2D eigenvalue weighted by Crippen LogP contribution is -2.22. The van der Waals surface area contributed by atoms with Crippen molar-refractivity contribution in [2.75, 3.05) is 5.32 Å². The monoisotopic (exact) mass is 294 g/mol. The molecule has 1 atom stereocenters. The second-order valence-electron chi connectivity index (χ2n) is 5.17. The number of hydrogen-bond donors (Lipinski definition) is 2. The molecule has 1 aliphatic rings. The third kappa shape index (κ3) is 2.37. The molecule has 1 aliphatic carbocycles. The zero-order valence-corrected chi connectivity index (χ0v) is 11.7. The molecule has 0 aromatic heterocycles. The predicted molar refractivity (Wildman–Crippen MR) is 81.7 cm³/mol. The van der Waals surface area contributed by atoms with E-state index in [0.717, 1.165) is 5.56 Å². The van der Waals surface area contributed by atoms with Gasteiger partial charge in [-0.05, 0) is 17.7 Å². The van der Waals surface area contributed by atoms with Crippen molar-refractivity contribution < 1.29 is 14.4 Å². The molecule has 0 heterocycles. The number of primary amides is 1. The van der Waals surface area contributed by atoms with Crippen LogP contribution in [0.3, 0.4) is 0 Å². The largest absolute Gasteiger partial charge is 0.366 e. The second-order valence-corrected chi connectivity index (χ2v) is 5.17. The van der Waals surface area contributed by atoms with Crippen molar-refractivity contribution in [3.63, 3.8) is 0 Å². The van der Waals surface area contributed by atoms with E-state index in [1.807, 2.05) is 0 Å². The third-order valence-electron chi connectivity index (χ3n) is 3.79. The van der Waals surface area contributed by atoms with Crippen LogP contribution in [-0.2, 0) is 4.79 Å². The first-order valence-electron chi connectivity index (χ1n) is 6.89. The van der Waals surface area contributed by atoms with Gasteiger partial charge in [0.1, 0.15) is 0 Å². The van der Waals surface area contributed by atoms with Crippen LogP contribution in [0, 0.1) is 0 Å². The maximum absolute atomic E-state index is 12.5. The predicted octanol–water partition coefficient (Wildman–Crippen LogP) is 2.09. The molecule has 5 heteroatoms. The molecule has 0 bridgehead atoms. The van der Waals surface area contributed by atoms with E-state index in [-0.39, 0.29) is 23.7 Å². The second kappa shape index (κ2) is 5.44. The number of amides is 2. The SMILES string of the molecule is NC(=O)c1ccccc1NC(=O)[C@@H]1CC(=O)c2ccccc21. The molecule has 0 fully saturated rings. The highest BCUT2D eigenvalue weighted by Gasteiger charge is 2.34. The first kappa shape index (κ1) is 14.0. The Morgan fingerprint density at radius 3 is 2.50 bits per heavy atom. The van der Waals surface area contributed by atoms with E-state index in [2.05, 4.69) is 5.32 Å². The number of rotatable bonds is 3. The standard InChI is InChI=1S/C17H14N2O3/c18-16(21)12-7-3-4-8-14(12)19-17(22)13-9-15(20)11-6-2-1-5-10(11)13/h1-8,13H,9H2,(H2,18,21)(H,19,22)/t13-/m1/s1. The van der Waals surface area contributed by atoms with E-state index >= 15 is 0 Å². The molecule has 0 saturated carbocycles. The third-order valence-corrected chi connectivity index (χ3v) is 3.79. The zero-order chi connectivity index (χ0) is 15.7. The van der Waals surface area contributed by atoms with Gasteiger partial charge in [-0.1, -0.05) is 36.4 Å². The van der Waals surface area contributed by atoms with E-state index in [9.17, 15) is 14.4 Å². The Hall–Kier alpha value is -2.95. The smallest absolute Gasteiger partial charge is 0.250 e. The van der Waals surface area contributed by atoms with Gasteiger partial charge in [0, 0.05) is 12.0 Å². The lowest BCUT2D eigenvalue weighted by molar-refractivity contribution is -0.117. The van der Waals surface area contributed by atoms with Gasteiger partial charge >= 0.3 is 0 Å². The Labute approximate surface area is 127 Å². The van der Waals surface area contributed by atoms with Gasteiger partial charge in [0.25, 0.3) is 5.91 Å². The molecule has 22 heavy (non-hydrogen) atoms. The minimum absolute atomic E-state index is 0.0427. The summed E-state index contributed by atoms with van der Waals surface area (Å²) in [5.74, 6) is -1.51. The van der Waals surface area contributed by atoms with Crippen molar-refractivity contribution in [2.45, 2.75) is 12.3 Å². The van der Waals surface area contributed by atoms with E-state index in [4.69, 9.17) is 5.73 Å². The van der Waals surface area contributed by atoms with E-state index in [1.54, 1.807) is 48.5 Å². The molecule has 0 unspecified atom stereocenters. The van der Waals surface area contributed by atoms with E-state index in [0.29, 0.717) is 11.3 Å². The molecule has 2 aromatic rings. The average Bonchev–Trinajstić information content (AvgIpc) is 2.85. The molecule has 5 nitrogen and oxygen atoms in total. The van der Waals surface area contributed by atoms with Crippen LogP contribution in [0.4, 0.5) is 5.69 Å². The minimum atomic E-state index is -0.612. The molecule has 0 spiro atoms. The van der Waals surface area contributed by atoms with Crippen LogP contribution in [0.25, 0.3) is 0 Å². The summed E-state index contributed by atoms with van der Waals surface area (Å²) in [5, 5.41) is 2.70. The lowest BCUT2D eigenvalue weighted by Gasteiger charge is -2.13. The molecular weight excluding hydrogens is 280 g/mol. The Morgan fingerprint density at radius 1 is 1.05 bits per heavy atom. The van der Waals surface area contributed by atoms with Crippen LogP contribution in [0.2, 0.25) is 0 Å². The number of Topliss-reactive ketones (excluding diaryl/α,β-unsaturated/α-hetero) is 1. The van der Waals surface area contributed by atoms with Gasteiger partial charge in [-0.2, -0.15) is 0 Å². The molecular formula is C17H14N2O3. The van der Waals surface area contributed by atoms with Crippen LogP contribution in [-0.4, -0.2) is 17.6 Å². The maximum atomic E-state index is 12.5. The Morgan fingerprint density at radius 2 is 1.73 bits per heavy atom. The molecule has 3 rings (SSSR count). The summed E-state index contributed by atoms with van der Waals surface area (Å²) in [6, 6.07) is 13.6. The van der Waals surface area contributed by atoms with Crippen LogP contribution in [0.1, 0.15) is 38.6 Å². The van der Waals surface area contributed by atoms with Gasteiger partial charge in [-0.3, -0.25) is 14.4 Å². The van der Waals surface area contributed by atoms with E-state index < -0.39 is 11.8 Å². The van der Waals surface area contributed by atoms with Gasteiger partial charge in [0.05, 0.1) is 17.2 Å². The highest BCUT2D eigenvalue weighted by atomic mass is 16.2. The molecule has 0 radical (unpaired) electrons. The molecule has 2 amide bonds. The number of hydrogen-bond acceptors (Lipinski definition) is 3. The van der Waals surface area contributed by atoms with Crippen molar-refractivity contribution in [3.05, 3.63) is 65.2 Å². The summed E-state index contributed by atoms with van der Waals surface area (Å²) in [6.07, 6.45) is 0.143. The van der Waals surface area contributed by atoms with Crippen LogP contribution in [0.5, 0.6) is 0 Å². The number of para-hydroxylation sites is 1. The number of anilines is 1. The number of nitrogens with two attached hydrogens (primary N) is 1. The van der Waals surface area contributed by atoms with Gasteiger partial charge in [0.15, 0.2) is 5.78 Å². The lowest BCUT2D eigenvalue weighted by atomic mass is 10.00. The number of ketones is 1. The zero-order valence-electron chi connectivity index (χ0n) is 11.7. The molecule has 2 aromatic carbocycles. The fourth-order valence-corrected chi connectivity index (χ4v) is 2.72. The van der Waals surface area contributed by atoms with Gasteiger partial charge in [0.2, 0.25) is 5.91 Å². The number of carbonyl (C=O) groups excluding carboxylic acids is 3. The average molecular weight is 294 g/mol. The fourth-order valence-electron chi connectivity index (χ4n) is 2.72. The van der Waals surface area contributed by atoms with Crippen molar-refractivity contribution in [1.29, 1.82) is 0 Å². The van der Waals surface area contributed by atoms with Crippen molar-refractivity contribution in [3.8, 4) is 0 Å². The van der Waals surface area contributed by atoms with Crippen LogP contribution >= 0.6 is 0 Å². The van der Waals surface area contributed by atoms with Gasteiger partial charge in [-0.25, -0.2) is 0 Å². The summed E-state index contributed by atoms with van der Waals surface area (Å²) in [4.78, 5) is 35.8. The summed E-state index contributed by atoms with van der Waals surface area (Å²) < 4.78 is 0. The topological polar surface area (TPSA) is 89.3 Å². The fraction of sp³-hybridized carbons (Fsp3) is 0.118. The number of nitrogens with one attached hydrogen (secondary N) is 1. The maximum Gasteiger partial charge on any atom is 0.250 e. The number of carbonyl (C=O) groups is 3. The quantitative estimate of drug-likeness (QED) is 0.908. The Kier molecular flexibility index (Phi) is 3.47. The minimum Gasteiger partial charge on any atom is -0.366 e. The van der Waals surface area contributed by atoms with Gasteiger partial charge in [-0.15, -0.1) is 0 Å². The van der Waals surface area contributed by atoms with Crippen molar-refractivity contribution in [1.82, 2.24) is 0 Å². The molecule has 3 N–H and O–H groups in total. The Bertz CT molecular complexity index is 783. The summed E-state index contributed by atoms with van der Waals surface area (Å²) in [5.41, 5.74) is 7.21. The van der Waals surface area contributed by atoms with Gasteiger partial charge < -0.3 is 11.1 Å². The van der Waals surface area contributed by atoms with Crippen LogP contribution < -0.4 is 11.1 Å². The highest BCUT2D eigenvalue weighted by Crippen LogP contribution is 2.33.